The number of phenolic OH excluding ortho intramolecular Hbond substituents is 1. The molecule has 3 atom stereocenters. The lowest BCUT2D eigenvalue weighted by molar-refractivity contribution is -0.385. The van der Waals surface area contributed by atoms with Gasteiger partial charge in [-0.3, -0.25) is 10.1 Å². The molecule has 1 aliphatic heterocycles. The van der Waals surface area contributed by atoms with Crippen molar-refractivity contribution in [3.05, 3.63) is 74.8 Å². The summed E-state index contributed by atoms with van der Waals surface area (Å²) >= 11 is 6.05. The lowest BCUT2D eigenvalue weighted by Crippen LogP contribution is -2.29. The van der Waals surface area contributed by atoms with E-state index in [0.717, 1.165) is 12.0 Å². The molecule has 2 aliphatic rings. The highest BCUT2D eigenvalue weighted by Crippen LogP contribution is 2.56. The summed E-state index contributed by atoms with van der Waals surface area (Å²) in [4.78, 5) is 11.1. The first kappa shape index (κ1) is 15.0. The highest BCUT2D eigenvalue weighted by atomic mass is 35.5. The summed E-state index contributed by atoms with van der Waals surface area (Å²) in [5.74, 6) is -0.0480. The molecule has 0 bridgehead atoms. The molecule has 0 saturated carbocycles. The molecule has 0 saturated heterocycles. The number of nitrogens with zero attached hydrogens (tertiary/aromatic N) is 1. The van der Waals surface area contributed by atoms with Crippen LogP contribution >= 0.6 is 11.6 Å². The van der Waals surface area contributed by atoms with Gasteiger partial charge in [0.1, 0.15) is 10.8 Å². The second kappa shape index (κ2) is 5.53. The maximum atomic E-state index is 11.5. The van der Waals surface area contributed by atoms with Crippen molar-refractivity contribution >= 4 is 23.0 Å². The quantitative estimate of drug-likeness (QED) is 0.356. The number of allylic oxidation sites excluding steroid dienone is 2. The predicted octanol–water partition coefficient (Wildman–Crippen LogP) is 4.78. The van der Waals surface area contributed by atoms with Gasteiger partial charge in [-0.2, -0.15) is 0 Å². The third-order valence-electron chi connectivity index (χ3n) is 4.89. The van der Waals surface area contributed by atoms with Crippen LogP contribution in [-0.4, -0.2) is 10.0 Å². The van der Waals surface area contributed by atoms with Gasteiger partial charge in [-0.05, 0) is 17.9 Å². The number of halogens is 1. The van der Waals surface area contributed by atoms with Gasteiger partial charge in [-0.1, -0.05) is 54.1 Å². The van der Waals surface area contributed by atoms with Crippen LogP contribution in [0.5, 0.6) is 5.75 Å². The second-order valence-electron chi connectivity index (χ2n) is 6.16. The van der Waals surface area contributed by atoms with Crippen LogP contribution < -0.4 is 5.32 Å². The molecule has 2 aromatic carbocycles. The monoisotopic (exact) mass is 342 g/mol. The van der Waals surface area contributed by atoms with Crippen molar-refractivity contribution in [1.82, 2.24) is 0 Å². The normalized spacial score (nSPS) is 24.1. The maximum Gasteiger partial charge on any atom is 0.293 e. The number of hydrogen-bond acceptors (Lipinski definition) is 4. The zero-order chi connectivity index (χ0) is 16.8. The van der Waals surface area contributed by atoms with Crippen LogP contribution in [0.25, 0.3) is 0 Å². The van der Waals surface area contributed by atoms with Crippen molar-refractivity contribution < 1.29 is 10.0 Å². The third kappa shape index (κ3) is 2.16. The second-order valence-corrected chi connectivity index (χ2v) is 6.57. The first-order chi connectivity index (χ1) is 11.6. The molecule has 0 amide bonds. The number of rotatable bonds is 2. The molecule has 1 aliphatic carbocycles. The zero-order valence-electron chi connectivity index (χ0n) is 12.6. The fourth-order valence-corrected chi connectivity index (χ4v) is 4.16. The SMILES string of the molecule is O=[N+]([O-])c1c(Cl)cc(O)c2c1[C@@H]1C=CC[C@@H]1[C@@H](c1ccccc1)N2. The summed E-state index contributed by atoms with van der Waals surface area (Å²) in [5.41, 5.74) is 1.87. The van der Waals surface area contributed by atoms with Gasteiger partial charge in [0.25, 0.3) is 5.69 Å². The number of nitrogens with one attached hydrogen (secondary N) is 1. The molecule has 24 heavy (non-hydrogen) atoms. The molecule has 0 radical (unpaired) electrons. The smallest absolute Gasteiger partial charge is 0.293 e. The molecular weight excluding hydrogens is 328 g/mol. The van der Waals surface area contributed by atoms with E-state index in [-0.39, 0.29) is 34.3 Å². The van der Waals surface area contributed by atoms with Gasteiger partial charge in [0, 0.05) is 12.0 Å². The molecule has 4 rings (SSSR count). The van der Waals surface area contributed by atoms with E-state index in [2.05, 4.69) is 5.32 Å². The molecule has 122 valence electrons. The van der Waals surface area contributed by atoms with E-state index >= 15 is 0 Å². The van der Waals surface area contributed by atoms with Crippen molar-refractivity contribution in [1.29, 1.82) is 0 Å². The Labute approximate surface area is 143 Å². The van der Waals surface area contributed by atoms with Crippen LogP contribution in [0.1, 0.15) is 29.5 Å². The van der Waals surface area contributed by atoms with E-state index in [1.807, 2.05) is 42.5 Å². The average molecular weight is 343 g/mol. The molecule has 0 unspecified atom stereocenters. The Bertz CT molecular complexity index is 851. The van der Waals surface area contributed by atoms with Crippen LogP contribution in [0.4, 0.5) is 11.4 Å². The summed E-state index contributed by atoms with van der Waals surface area (Å²) in [7, 11) is 0. The zero-order valence-corrected chi connectivity index (χ0v) is 13.4. The van der Waals surface area contributed by atoms with Gasteiger partial charge < -0.3 is 10.4 Å². The average Bonchev–Trinajstić information content (AvgIpc) is 3.04. The van der Waals surface area contributed by atoms with Gasteiger partial charge in [0.05, 0.1) is 22.2 Å². The number of fused-ring (bicyclic) bond motifs is 3. The molecular formula is C18H15ClN2O3. The van der Waals surface area contributed by atoms with Crippen molar-refractivity contribution in [2.45, 2.75) is 18.4 Å². The summed E-state index contributed by atoms with van der Waals surface area (Å²) in [6.45, 7) is 0. The highest BCUT2D eigenvalue weighted by molar-refractivity contribution is 6.33. The predicted molar refractivity (Wildman–Crippen MR) is 92.6 cm³/mol. The van der Waals surface area contributed by atoms with Crippen LogP contribution in [0, 0.1) is 16.0 Å². The van der Waals surface area contributed by atoms with Gasteiger partial charge >= 0.3 is 0 Å². The van der Waals surface area contributed by atoms with Gasteiger partial charge in [-0.25, -0.2) is 0 Å². The Kier molecular flexibility index (Phi) is 3.46. The number of anilines is 1. The number of benzene rings is 2. The van der Waals surface area contributed by atoms with Gasteiger partial charge in [0.2, 0.25) is 0 Å². The molecule has 6 heteroatoms. The molecule has 2 aromatic rings. The lowest BCUT2D eigenvalue weighted by Gasteiger charge is -2.37. The van der Waals surface area contributed by atoms with Crippen molar-refractivity contribution in [2.24, 2.45) is 5.92 Å². The molecule has 1 heterocycles. The van der Waals surface area contributed by atoms with Crippen molar-refractivity contribution in [3.63, 3.8) is 0 Å². The van der Waals surface area contributed by atoms with E-state index in [4.69, 9.17) is 11.6 Å². The summed E-state index contributed by atoms with van der Waals surface area (Å²) in [6, 6.07) is 11.2. The summed E-state index contributed by atoms with van der Waals surface area (Å²) in [5, 5.41) is 25.2. The largest absolute Gasteiger partial charge is 0.506 e. The van der Waals surface area contributed by atoms with Crippen LogP contribution in [0.3, 0.4) is 0 Å². The highest BCUT2D eigenvalue weighted by Gasteiger charge is 2.43. The molecule has 5 nitrogen and oxygen atoms in total. The van der Waals surface area contributed by atoms with Crippen LogP contribution in [0.15, 0.2) is 48.6 Å². The number of nitro groups is 1. The third-order valence-corrected chi connectivity index (χ3v) is 5.17. The number of aromatic hydroxyl groups is 1. The van der Waals surface area contributed by atoms with E-state index < -0.39 is 4.92 Å². The minimum absolute atomic E-state index is 0.0228. The standard InChI is InChI=1S/C18H15ClN2O3/c19-13-9-14(22)17-15(18(13)21(23)24)11-7-4-8-12(11)16(20-17)10-5-2-1-3-6-10/h1-7,9,11-12,16,20,22H,8H2/t11-,12+,16-/m1/s1. The van der Waals surface area contributed by atoms with Crippen LogP contribution in [0.2, 0.25) is 5.02 Å². The molecule has 2 N–H and O–H groups in total. The Balaban J connectivity index is 1.92. The Morgan fingerprint density at radius 1 is 1.29 bits per heavy atom. The van der Waals surface area contributed by atoms with Crippen molar-refractivity contribution in [2.75, 3.05) is 5.32 Å². The Hall–Kier alpha value is -2.53. The topological polar surface area (TPSA) is 75.4 Å². The fraction of sp³-hybridized carbons (Fsp3) is 0.222. The maximum absolute atomic E-state index is 11.5. The number of nitro benzene ring substituents is 1. The van der Waals surface area contributed by atoms with E-state index in [9.17, 15) is 15.2 Å². The molecule has 0 fully saturated rings. The van der Waals surface area contributed by atoms with E-state index in [0.29, 0.717) is 11.3 Å². The van der Waals surface area contributed by atoms with Crippen LogP contribution in [-0.2, 0) is 0 Å². The van der Waals surface area contributed by atoms with E-state index in [1.165, 1.54) is 6.07 Å². The summed E-state index contributed by atoms with van der Waals surface area (Å²) < 4.78 is 0. The summed E-state index contributed by atoms with van der Waals surface area (Å²) in [6.07, 6.45) is 4.86. The minimum Gasteiger partial charge on any atom is -0.506 e. The molecule has 0 spiro atoms. The minimum atomic E-state index is -0.464. The Morgan fingerprint density at radius 2 is 2.04 bits per heavy atom. The van der Waals surface area contributed by atoms with E-state index in [1.54, 1.807) is 0 Å². The first-order valence-corrected chi connectivity index (χ1v) is 8.13. The van der Waals surface area contributed by atoms with Gasteiger partial charge in [-0.15, -0.1) is 0 Å². The fourth-order valence-electron chi connectivity index (χ4n) is 3.89. The number of hydrogen-bond donors (Lipinski definition) is 2. The number of phenols is 1. The van der Waals surface area contributed by atoms with Gasteiger partial charge in [0.15, 0.2) is 0 Å². The first-order valence-electron chi connectivity index (χ1n) is 7.76. The molecule has 0 aromatic heterocycles. The van der Waals surface area contributed by atoms with Crippen molar-refractivity contribution in [3.8, 4) is 5.75 Å². The lowest BCUT2D eigenvalue weighted by atomic mass is 9.76. The Morgan fingerprint density at radius 3 is 2.75 bits per heavy atom.